The van der Waals surface area contributed by atoms with Crippen LogP contribution in [0.3, 0.4) is 0 Å². The van der Waals surface area contributed by atoms with Gasteiger partial charge in [-0.3, -0.25) is 5.32 Å². The fourth-order valence-electron chi connectivity index (χ4n) is 1.83. The van der Waals surface area contributed by atoms with E-state index >= 15 is 0 Å². The zero-order valence-electron chi connectivity index (χ0n) is 13.7. The van der Waals surface area contributed by atoms with Crippen LogP contribution < -0.4 is 10.1 Å². The van der Waals surface area contributed by atoms with E-state index in [4.69, 9.17) is 9.47 Å². The molecule has 2 N–H and O–H groups in total. The number of hydrogen-bond donors (Lipinski definition) is 2. The van der Waals surface area contributed by atoms with E-state index < -0.39 is 17.7 Å². The SMILES string of the molecule is COc1cccc(-c2nc(C(=O)O)c(NC(=O)OC(C)(C)C)s2)c1. The summed E-state index contributed by atoms with van der Waals surface area (Å²) >= 11 is 1.06. The first-order valence-corrected chi connectivity index (χ1v) is 7.90. The molecule has 0 spiro atoms. The summed E-state index contributed by atoms with van der Waals surface area (Å²) in [5, 5.41) is 12.3. The number of methoxy groups -OCH3 is 1. The molecule has 2 rings (SSSR count). The van der Waals surface area contributed by atoms with Gasteiger partial charge in [0.2, 0.25) is 0 Å². The first kappa shape index (κ1) is 17.7. The minimum absolute atomic E-state index is 0.120. The Balaban J connectivity index is 2.33. The Morgan fingerprint density at radius 2 is 2.00 bits per heavy atom. The number of carboxylic acids is 1. The maximum atomic E-state index is 11.9. The topological polar surface area (TPSA) is 97.8 Å². The summed E-state index contributed by atoms with van der Waals surface area (Å²) in [5.74, 6) is -0.604. The molecule has 128 valence electrons. The molecule has 0 aliphatic carbocycles. The number of aromatic nitrogens is 1. The molecule has 0 saturated carbocycles. The highest BCUT2D eigenvalue weighted by Crippen LogP contribution is 2.34. The number of carbonyl (C=O) groups is 2. The number of carbonyl (C=O) groups excluding carboxylic acids is 1. The van der Waals surface area contributed by atoms with Gasteiger partial charge in [-0.2, -0.15) is 0 Å². The quantitative estimate of drug-likeness (QED) is 0.869. The molecule has 7 nitrogen and oxygen atoms in total. The van der Waals surface area contributed by atoms with Gasteiger partial charge >= 0.3 is 12.1 Å². The molecule has 0 aliphatic rings. The van der Waals surface area contributed by atoms with Gasteiger partial charge < -0.3 is 14.6 Å². The lowest BCUT2D eigenvalue weighted by atomic mass is 10.2. The van der Waals surface area contributed by atoms with Gasteiger partial charge in [0.25, 0.3) is 0 Å². The van der Waals surface area contributed by atoms with Crippen molar-refractivity contribution in [1.82, 2.24) is 4.98 Å². The number of carboxylic acid groups (broad SMARTS) is 1. The van der Waals surface area contributed by atoms with Crippen LogP contribution in [0.1, 0.15) is 31.3 Å². The zero-order chi connectivity index (χ0) is 17.9. The predicted octanol–water partition coefficient (Wildman–Crippen LogP) is 3.86. The van der Waals surface area contributed by atoms with E-state index in [2.05, 4.69) is 10.3 Å². The molecule has 0 fully saturated rings. The Morgan fingerprint density at radius 3 is 2.58 bits per heavy atom. The summed E-state index contributed by atoms with van der Waals surface area (Å²) in [6.45, 7) is 5.16. The van der Waals surface area contributed by atoms with Crippen LogP contribution in [0.4, 0.5) is 9.80 Å². The normalized spacial score (nSPS) is 11.0. The third kappa shape index (κ3) is 4.45. The van der Waals surface area contributed by atoms with Crippen LogP contribution in [-0.4, -0.2) is 34.9 Å². The largest absolute Gasteiger partial charge is 0.497 e. The number of aromatic carboxylic acids is 1. The number of rotatable bonds is 4. The molecule has 0 unspecified atom stereocenters. The van der Waals surface area contributed by atoms with Crippen molar-refractivity contribution in [2.24, 2.45) is 0 Å². The van der Waals surface area contributed by atoms with Gasteiger partial charge in [-0.1, -0.05) is 23.5 Å². The average Bonchev–Trinajstić information content (AvgIpc) is 2.89. The van der Waals surface area contributed by atoms with Crippen molar-refractivity contribution in [3.63, 3.8) is 0 Å². The van der Waals surface area contributed by atoms with Crippen LogP contribution in [0.15, 0.2) is 24.3 Å². The number of amides is 1. The highest BCUT2D eigenvalue weighted by molar-refractivity contribution is 7.19. The summed E-state index contributed by atoms with van der Waals surface area (Å²) in [5.41, 5.74) is -0.226. The number of nitrogens with one attached hydrogen (secondary N) is 1. The molecule has 2 aromatic rings. The van der Waals surface area contributed by atoms with Gasteiger partial charge in [0, 0.05) is 5.56 Å². The molecule has 0 atom stereocenters. The summed E-state index contributed by atoms with van der Waals surface area (Å²) in [6, 6.07) is 7.07. The van der Waals surface area contributed by atoms with E-state index in [-0.39, 0.29) is 10.7 Å². The number of ether oxygens (including phenoxy) is 2. The van der Waals surface area contributed by atoms with Crippen LogP contribution in [0.5, 0.6) is 5.75 Å². The van der Waals surface area contributed by atoms with Gasteiger partial charge in [-0.05, 0) is 32.9 Å². The van der Waals surface area contributed by atoms with Crippen LogP contribution in [0, 0.1) is 0 Å². The molecule has 1 aromatic heterocycles. The highest BCUT2D eigenvalue weighted by atomic mass is 32.1. The van der Waals surface area contributed by atoms with Crippen molar-refractivity contribution < 1.29 is 24.2 Å². The number of benzene rings is 1. The average molecular weight is 350 g/mol. The molecule has 1 amide bonds. The Labute approximate surface area is 143 Å². The zero-order valence-corrected chi connectivity index (χ0v) is 14.6. The van der Waals surface area contributed by atoms with Gasteiger partial charge in [0.05, 0.1) is 7.11 Å². The Bertz CT molecular complexity index is 764. The second-order valence-corrected chi connectivity index (χ2v) is 6.86. The third-order valence-electron chi connectivity index (χ3n) is 2.76. The summed E-state index contributed by atoms with van der Waals surface area (Å²) in [7, 11) is 1.54. The smallest absolute Gasteiger partial charge is 0.412 e. The molecule has 8 heteroatoms. The molecule has 0 saturated heterocycles. The van der Waals surface area contributed by atoms with Crippen LogP contribution in [-0.2, 0) is 4.74 Å². The van der Waals surface area contributed by atoms with E-state index in [9.17, 15) is 14.7 Å². The standard InChI is InChI=1S/C16H18N2O5S/c1-16(2,3)23-15(21)18-13-11(14(19)20)17-12(24-13)9-6-5-7-10(8-9)22-4/h5-8H,1-4H3,(H,18,21)(H,19,20). The molecular weight excluding hydrogens is 332 g/mol. The fraction of sp³-hybridized carbons (Fsp3) is 0.312. The summed E-state index contributed by atoms with van der Waals surface area (Å²) in [4.78, 5) is 27.4. The maximum Gasteiger partial charge on any atom is 0.412 e. The molecule has 0 aliphatic heterocycles. The van der Waals surface area contributed by atoms with Crippen molar-refractivity contribution in [3.8, 4) is 16.3 Å². The lowest BCUT2D eigenvalue weighted by molar-refractivity contribution is 0.0636. The van der Waals surface area contributed by atoms with E-state index in [1.165, 1.54) is 0 Å². The minimum Gasteiger partial charge on any atom is -0.497 e. The molecule has 1 heterocycles. The molecule has 0 bridgehead atoms. The van der Waals surface area contributed by atoms with Crippen molar-refractivity contribution in [2.45, 2.75) is 26.4 Å². The Kier molecular flexibility index (Phi) is 5.08. The highest BCUT2D eigenvalue weighted by Gasteiger charge is 2.23. The molecular formula is C16H18N2O5S. The molecule has 24 heavy (non-hydrogen) atoms. The number of nitrogens with zero attached hydrogens (tertiary/aromatic N) is 1. The van der Waals surface area contributed by atoms with E-state index in [1.54, 1.807) is 52.1 Å². The van der Waals surface area contributed by atoms with Crippen LogP contribution >= 0.6 is 11.3 Å². The van der Waals surface area contributed by atoms with Gasteiger partial charge in [0.15, 0.2) is 5.69 Å². The van der Waals surface area contributed by atoms with Crippen LogP contribution in [0.25, 0.3) is 10.6 Å². The Morgan fingerprint density at radius 1 is 1.29 bits per heavy atom. The lowest BCUT2D eigenvalue weighted by Crippen LogP contribution is -2.27. The third-order valence-corrected chi connectivity index (χ3v) is 3.78. The Hall–Kier alpha value is -2.61. The van der Waals surface area contributed by atoms with Crippen LogP contribution in [0.2, 0.25) is 0 Å². The van der Waals surface area contributed by atoms with Crippen molar-refractivity contribution in [1.29, 1.82) is 0 Å². The predicted molar refractivity (Wildman–Crippen MR) is 90.9 cm³/mol. The van der Waals surface area contributed by atoms with Gasteiger partial charge in [0.1, 0.15) is 21.4 Å². The van der Waals surface area contributed by atoms with Crippen molar-refractivity contribution in [2.75, 3.05) is 12.4 Å². The second-order valence-electron chi connectivity index (χ2n) is 5.86. The van der Waals surface area contributed by atoms with E-state index in [0.29, 0.717) is 16.3 Å². The lowest BCUT2D eigenvalue weighted by Gasteiger charge is -2.19. The van der Waals surface area contributed by atoms with E-state index in [1.807, 2.05) is 0 Å². The number of hydrogen-bond acceptors (Lipinski definition) is 6. The van der Waals surface area contributed by atoms with Gasteiger partial charge in [-0.15, -0.1) is 0 Å². The number of anilines is 1. The fourth-order valence-corrected chi connectivity index (χ4v) is 2.76. The summed E-state index contributed by atoms with van der Waals surface area (Å²) in [6.07, 6.45) is -0.731. The summed E-state index contributed by atoms with van der Waals surface area (Å²) < 4.78 is 10.3. The molecule has 0 radical (unpaired) electrons. The molecule has 1 aromatic carbocycles. The number of thiazole rings is 1. The van der Waals surface area contributed by atoms with Gasteiger partial charge in [-0.25, -0.2) is 14.6 Å². The minimum atomic E-state index is -1.23. The second kappa shape index (κ2) is 6.88. The first-order chi connectivity index (χ1) is 11.2. The monoisotopic (exact) mass is 350 g/mol. The first-order valence-electron chi connectivity index (χ1n) is 7.08. The van der Waals surface area contributed by atoms with E-state index in [0.717, 1.165) is 11.3 Å². The van der Waals surface area contributed by atoms with Crippen molar-refractivity contribution >= 4 is 28.4 Å². The maximum absolute atomic E-state index is 11.9. The van der Waals surface area contributed by atoms with Crippen molar-refractivity contribution in [3.05, 3.63) is 30.0 Å².